The van der Waals surface area contributed by atoms with E-state index in [1.807, 2.05) is 25.2 Å². The quantitative estimate of drug-likeness (QED) is 0.539. The normalized spacial score (nSPS) is 15.1. The molecule has 1 saturated carbocycles. The highest BCUT2D eigenvalue weighted by atomic mass is 35.5. The third kappa shape index (κ3) is 3.63. The molecular weight excluding hydrogens is 393 g/mol. The lowest BCUT2D eigenvalue weighted by molar-refractivity contribution is 0.294. The number of aromatic nitrogens is 3. The highest BCUT2D eigenvalue weighted by Gasteiger charge is 2.24. The fraction of sp³-hybridized carbons (Fsp3) is 0.364. The number of nitrogens with zero attached hydrogens (tertiary/aromatic N) is 3. The largest absolute Gasteiger partial charge is 0.281 e. The minimum absolute atomic E-state index is 0.0268. The van der Waals surface area contributed by atoms with Crippen molar-refractivity contribution in [1.82, 2.24) is 14.3 Å². The Morgan fingerprint density at radius 3 is 2.39 bits per heavy atom. The summed E-state index contributed by atoms with van der Waals surface area (Å²) >= 11 is 12.4. The molecule has 0 radical (unpaired) electrons. The van der Waals surface area contributed by atoms with Gasteiger partial charge < -0.3 is 0 Å². The van der Waals surface area contributed by atoms with E-state index in [2.05, 4.69) is 9.67 Å². The van der Waals surface area contributed by atoms with Gasteiger partial charge in [-0.05, 0) is 48.6 Å². The number of halogens is 2. The topological polar surface area (TPSA) is 39.8 Å². The molecule has 2 aromatic heterocycles. The van der Waals surface area contributed by atoms with Gasteiger partial charge in [-0.15, -0.1) is 0 Å². The predicted molar refractivity (Wildman–Crippen MR) is 115 cm³/mol. The summed E-state index contributed by atoms with van der Waals surface area (Å²) in [5, 5.41) is 0.927. The Balaban J connectivity index is 1.91. The molecule has 0 bridgehead atoms. The van der Waals surface area contributed by atoms with E-state index in [4.69, 9.17) is 23.2 Å². The highest BCUT2D eigenvalue weighted by Crippen LogP contribution is 2.35. The predicted octanol–water partition coefficient (Wildman–Crippen LogP) is 5.80. The zero-order valence-electron chi connectivity index (χ0n) is 15.9. The van der Waals surface area contributed by atoms with Crippen molar-refractivity contribution >= 4 is 23.2 Å². The number of hydrogen-bond acceptors (Lipinski definition) is 2. The molecule has 0 amide bonds. The van der Waals surface area contributed by atoms with Crippen molar-refractivity contribution in [3.8, 4) is 22.4 Å². The lowest BCUT2D eigenvalue weighted by Gasteiger charge is -2.24. The van der Waals surface area contributed by atoms with Crippen LogP contribution in [-0.4, -0.2) is 14.3 Å². The summed E-state index contributed by atoms with van der Waals surface area (Å²) in [5.41, 5.74) is 3.30. The number of pyridine rings is 1. The van der Waals surface area contributed by atoms with Gasteiger partial charge in [-0.3, -0.25) is 19.1 Å². The monoisotopic (exact) mass is 415 g/mol. The SMILES string of the molecule is Cn1c(=O)c(-c2ccc(Cl)c(Cl)c2)c(-c2ccncc2)n1CC1CCCCC1. The third-order valence-electron chi connectivity index (χ3n) is 5.68. The van der Waals surface area contributed by atoms with E-state index >= 15 is 0 Å². The Bertz CT molecular complexity index is 1030. The molecule has 0 saturated heterocycles. The Morgan fingerprint density at radius 1 is 1.00 bits per heavy atom. The molecule has 146 valence electrons. The third-order valence-corrected chi connectivity index (χ3v) is 6.42. The van der Waals surface area contributed by atoms with Gasteiger partial charge in [0.25, 0.3) is 5.56 Å². The Morgan fingerprint density at radius 2 is 1.71 bits per heavy atom. The van der Waals surface area contributed by atoms with Crippen LogP contribution in [0.15, 0.2) is 47.5 Å². The van der Waals surface area contributed by atoms with E-state index in [1.54, 1.807) is 29.2 Å². The maximum Gasteiger partial charge on any atom is 0.274 e. The van der Waals surface area contributed by atoms with Gasteiger partial charge in [0, 0.05) is 31.5 Å². The maximum atomic E-state index is 13.3. The molecule has 0 spiro atoms. The molecule has 4 rings (SSSR count). The fourth-order valence-corrected chi connectivity index (χ4v) is 4.49. The average molecular weight is 416 g/mol. The van der Waals surface area contributed by atoms with E-state index in [1.165, 1.54) is 32.1 Å². The molecular formula is C22H23Cl2N3O. The molecule has 1 aliphatic rings. The van der Waals surface area contributed by atoms with Gasteiger partial charge in [0.15, 0.2) is 0 Å². The van der Waals surface area contributed by atoms with Crippen LogP contribution in [0.25, 0.3) is 22.4 Å². The molecule has 2 heterocycles. The van der Waals surface area contributed by atoms with Crippen LogP contribution in [0.3, 0.4) is 0 Å². The molecule has 0 N–H and O–H groups in total. The first-order valence-corrected chi connectivity index (χ1v) is 10.5. The van der Waals surface area contributed by atoms with Gasteiger partial charge in [-0.2, -0.15) is 0 Å². The molecule has 0 unspecified atom stereocenters. The zero-order chi connectivity index (χ0) is 19.7. The molecule has 1 fully saturated rings. The van der Waals surface area contributed by atoms with Gasteiger partial charge in [0.2, 0.25) is 0 Å². The second-order valence-electron chi connectivity index (χ2n) is 7.50. The number of rotatable bonds is 4. The Hall–Kier alpha value is -2.04. The fourth-order valence-electron chi connectivity index (χ4n) is 4.19. The summed E-state index contributed by atoms with van der Waals surface area (Å²) in [5.74, 6) is 0.592. The molecule has 6 heteroatoms. The number of hydrogen-bond donors (Lipinski definition) is 0. The lowest BCUT2D eigenvalue weighted by atomic mass is 9.89. The van der Waals surface area contributed by atoms with Crippen LogP contribution < -0.4 is 5.56 Å². The van der Waals surface area contributed by atoms with Crippen LogP contribution in [0.5, 0.6) is 0 Å². The van der Waals surface area contributed by atoms with E-state index in [0.29, 0.717) is 21.5 Å². The molecule has 1 aromatic carbocycles. The molecule has 0 atom stereocenters. The molecule has 4 nitrogen and oxygen atoms in total. The molecule has 0 aliphatic heterocycles. The first kappa shape index (κ1) is 19.3. The van der Waals surface area contributed by atoms with Crippen LogP contribution >= 0.6 is 23.2 Å². The van der Waals surface area contributed by atoms with Gasteiger partial charge in [-0.1, -0.05) is 48.5 Å². The summed E-state index contributed by atoms with van der Waals surface area (Å²) in [6.45, 7) is 0.838. The molecule has 1 aliphatic carbocycles. The highest BCUT2D eigenvalue weighted by molar-refractivity contribution is 6.42. The van der Waals surface area contributed by atoms with Crippen LogP contribution in [-0.2, 0) is 13.6 Å². The minimum Gasteiger partial charge on any atom is -0.281 e. The lowest BCUT2D eigenvalue weighted by Crippen LogP contribution is -2.24. The van der Waals surface area contributed by atoms with Gasteiger partial charge in [-0.25, -0.2) is 0 Å². The molecule has 28 heavy (non-hydrogen) atoms. The maximum absolute atomic E-state index is 13.3. The van der Waals surface area contributed by atoms with E-state index in [9.17, 15) is 4.79 Å². The van der Waals surface area contributed by atoms with Crippen molar-refractivity contribution in [2.75, 3.05) is 0 Å². The van der Waals surface area contributed by atoms with Gasteiger partial charge >= 0.3 is 0 Å². The van der Waals surface area contributed by atoms with Crippen molar-refractivity contribution in [3.63, 3.8) is 0 Å². The Kier molecular flexibility index (Phi) is 5.61. The van der Waals surface area contributed by atoms with E-state index < -0.39 is 0 Å². The van der Waals surface area contributed by atoms with Crippen molar-refractivity contribution in [2.45, 2.75) is 38.6 Å². The number of benzene rings is 1. The van der Waals surface area contributed by atoms with Crippen molar-refractivity contribution < 1.29 is 0 Å². The second-order valence-corrected chi connectivity index (χ2v) is 8.32. The van der Waals surface area contributed by atoms with Crippen LogP contribution in [0, 0.1) is 5.92 Å². The summed E-state index contributed by atoms with van der Waals surface area (Å²) in [6.07, 6.45) is 9.79. The van der Waals surface area contributed by atoms with E-state index in [0.717, 1.165) is 23.4 Å². The smallest absolute Gasteiger partial charge is 0.274 e. The van der Waals surface area contributed by atoms with Gasteiger partial charge in [0.05, 0.1) is 21.3 Å². The van der Waals surface area contributed by atoms with Crippen LogP contribution in [0.2, 0.25) is 10.0 Å². The summed E-state index contributed by atoms with van der Waals surface area (Å²) in [7, 11) is 1.84. The summed E-state index contributed by atoms with van der Waals surface area (Å²) < 4.78 is 3.87. The standard InChI is InChI=1S/C22H23Cl2N3O/c1-26-22(28)20(17-7-8-18(23)19(24)13-17)21(16-9-11-25-12-10-16)27(26)14-15-5-3-2-4-6-15/h7-13,15H,2-6,14H2,1H3. The zero-order valence-corrected chi connectivity index (χ0v) is 17.4. The first-order chi connectivity index (χ1) is 13.6. The van der Waals surface area contributed by atoms with Gasteiger partial charge in [0.1, 0.15) is 0 Å². The second kappa shape index (κ2) is 8.14. The summed E-state index contributed by atoms with van der Waals surface area (Å²) in [6, 6.07) is 9.28. The van der Waals surface area contributed by atoms with E-state index in [-0.39, 0.29) is 5.56 Å². The van der Waals surface area contributed by atoms with Crippen molar-refractivity contribution in [2.24, 2.45) is 13.0 Å². The van der Waals surface area contributed by atoms with Crippen molar-refractivity contribution in [1.29, 1.82) is 0 Å². The minimum atomic E-state index is -0.0268. The summed E-state index contributed by atoms with van der Waals surface area (Å²) in [4.78, 5) is 17.4. The Labute approximate surface area is 174 Å². The van der Waals surface area contributed by atoms with Crippen LogP contribution in [0.4, 0.5) is 0 Å². The van der Waals surface area contributed by atoms with Crippen molar-refractivity contribution in [3.05, 3.63) is 63.1 Å². The van der Waals surface area contributed by atoms with Crippen LogP contribution in [0.1, 0.15) is 32.1 Å². The molecule has 3 aromatic rings. The first-order valence-electron chi connectivity index (χ1n) is 9.72. The average Bonchev–Trinajstić information content (AvgIpc) is 2.96.